The van der Waals surface area contributed by atoms with Crippen molar-refractivity contribution in [2.45, 2.75) is 32.9 Å². The van der Waals surface area contributed by atoms with Gasteiger partial charge in [-0.05, 0) is 26.0 Å². The average Bonchev–Trinajstić information content (AvgIpc) is 2.67. The molecule has 1 rings (SSSR count). The lowest BCUT2D eigenvalue weighted by atomic mass is 9.97. The molecular weight excluding hydrogens is 178 g/mol. The number of rotatable bonds is 5. The maximum atomic E-state index is 10.0. The standard InChI is InChI=1S/C10H19N3O/c1-3-8(7-11)10(14)9-5-6-12-13(9)4-2/h5-6,8,10,14H,3-4,7,11H2,1-2H3. The van der Waals surface area contributed by atoms with E-state index < -0.39 is 6.10 Å². The van der Waals surface area contributed by atoms with E-state index in [9.17, 15) is 5.11 Å². The Balaban J connectivity index is 2.81. The Hall–Kier alpha value is -0.870. The van der Waals surface area contributed by atoms with Crippen LogP contribution in [0, 0.1) is 5.92 Å². The fourth-order valence-electron chi connectivity index (χ4n) is 1.62. The molecule has 0 bridgehead atoms. The van der Waals surface area contributed by atoms with Gasteiger partial charge in [0, 0.05) is 18.7 Å². The van der Waals surface area contributed by atoms with Crippen molar-refractivity contribution < 1.29 is 5.11 Å². The zero-order valence-electron chi connectivity index (χ0n) is 8.85. The van der Waals surface area contributed by atoms with Crippen LogP contribution in [0.25, 0.3) is 0 Å². The van der Waals surface area contributed by atoms with Gasteiger partial charge in [0.25, 0.3) is 0 Å². The van der Waals surface area contributed by atoms with Gasteiger partial charge in [-0.3, -0.25) is 4.68 Å². The summed E-state index contributed by atoms with van der Waals surface area (Å²) < 4.78 is 1.81. The SMILES string of the molecule is CCC(CN)C(O)c1ccnn1CC. The molecule has 1 aromatic rings. The lowest BCUT2D eigenvalue weighted by Crippen LogP contribution is -2.23. The summed E-state index contributed by atoms with van der Waals surface area (Å²) in [4.78, 5) is 0. The maximum Gasteiger partial charge on any atom is 0.0996 e. The first-order valence-corrected chi connectivity index (χ1v) is 5.14. The van der Waals surface area contributed by atoms with Crippen molar-refractivity contribution in [2.24, 2.45) is 11.7 Å². The molecule has 0 aliphatic carbocycles. The molecule has 0 saturated heterocycles. The van der Waals surface area contributed by atoms with E-state index in [2.05, 4.69) is 5.10 Å². The summed E-state index contributed by atoms with van der Waals surface area (Å²) in [6, 6.07) is 1.85. The van der Waals surface area contributed by atoms with E-state index in [1.165, 1.54) is 0 Å². The smallest absolute Gasteiger partial charge is 0.0996 e. The molecule has 1 aromatic heterocycles. The van der Waals surface area contributed by atoms with E-state index in [1.807, 2.05) is 24.6 Å². The molecule has 4 nitrogen and oxygen atoms in total. The van der Waals surface area contributed by atoms with Crippen molar-refractivity contribution in [1.29, 1.82) is 0 Å². The molecule has 2 atom stereocenters. The van der Waals surface area contributed by atoms with Gasteiger partial charge in [-0.1, -0.05) is 6.92 Å². The van der Waals surface area contributed by atoms with Gasteiger partial charge in [0.05, 0.1) is 11.8 Å². The highest BCUT2D eigenvalue weighted by molar-refractivity contribution is 5.05. The first-order valence-electron chi connectivity index (χ1n) is 5.14. The molecule has 1 heterocycles. The molecule has 0 saturated carbocycles. The Morgan fingerprint density at radius 2 is 2.29 bits per heavy atom. The van der Waals surface area contributed by atoms with Crippen molar-refractivity contribution in [2.75, 3.05) is 6.54 Å². The normalized spacial score (nSPS) is 15.4. The van der Waals surface area contributed by atoms with Crippen LogP contribution in [0.15, 0.2) is 12.3 Å². The van der Waals surface area contributed by atoms with E-state index in [0.29, 0.717) is 6.54 Å². The average molecular weight is 197 g/mol. The summed E-state index contributed by atoms with van der Waals surface area (Å²) in [7, 11) is 0. The van der Waals surface area contributed by atoms with Crippen LogP contribution < -0.4 is 5.73 Å². The molecule has 0 radical (unpaired) electrons. The number of nitrogens with zero attached hydrogens (tertiary/aromatic N) is 2. The number of aryl methyl sites for hydroxylation is 1. The number of hydrogen-bond acceptors (Lipinski definition) is 3. The summed E-state index contributed by atoms with van der Waals surface area (Å²) in [5, 5.41) is 14.2. The van der Waals surface area contributed by atoms with Crippen LogP contribution in [-0.4, -0.2) is 21.4 Å². The minimum atomic E-state index is -0.493. The van der Waals surface area contributed by atoms with Gasteiger partial charge in [-0.15, -0.1) is 0 Å². The van der Waals surface area contributed by atoms with Crippen LogP contribution in [0.2, 0.25) is 0 Å². The van der Waals surface area contributed by atoms with Crippen LogP contribution in [0.4, 0.5) is 0 Å². The Bertz CT molecular complexity index is 268. The van der Waals surface area contributed by atoms with Gasteiger partial charge < -0.3 is 10.8 Å². The fraction of sp³-hybridized carbons (Fsp3) is 0.700. The summed E-state index contributed by atoms with van der Waals surface area (Å²) in [6.45, 7) is 5.33. The van der Waals surface area contributed by atoms with Gasteiger partial charge in [-0.2, -0.15) is 5.10 Å². The number of aromatic nitrogens is 2. The zero-order valence-corrected chi connectivity index (χ0v) is 8.85. The highest BCUT2D eigenvalue weighted by atomic mass is 16.3. The summed E-state index contributed by atoms with van der Waals surface area (Å²) in [5.74, 6) is 0.122. The largest absolute Gasteiger partial charge is 0.386 e. The number of hydrogen-bond donors (Lipinski definition) is 2. The third kappa shape index (κ3) is 2.13. The van der Waals surface area contributed by atoms with Crippen molar-refractivity contribution in [1.82, 2.24) is 9.78 Å². The van der Waals surface area contributed by atoms with Gasteiger partial charge in [0.2, 0.25) is 0 Å². The van der Waals surface area contributed by atoms with Crippen LogP contribution in [0.3, 0.4) is 0 Å². The van der Waals surface area contributed by atoms with Crippen molar-refractivity contribution >= 4 is 0 Å². The second-order valence-electron chi connectivity index (χ2n) is 3.42. The van der Waals surface area contributed by atoms with E-state index >= 15 is 0 Å². The molecular formula is C10H19N3O. The molecule has 2 unspecified atom stereocenters. The Kier molecular flexibility index (Phi) is 4.10. The monoisotopic (exact) mass is 197 g/mol. The van der Waals surface area contributed by atoms with E-state index in [1.54, 1.807) is 6.20 Å². The van der Waals surface area contributed by atoms with E-state index in [4.69, 9.17) is 5.73 Å². The Morgan fingerprint density at radius 3 is 2.79 bits per heavy atom. The molecule has 14 heavy (non-hydrogen) atoms. The highest BCUT2D eigenvalue weighted by Crippen LogP contribution is 2.23. The Labute approximate surface area is 84.7 Å². The lowest BCUT2D eigenvalue weighted by Gasteiger charge is -2.20. The third-order valence-corrected chi connectivity index (χ3v) is 2.63. The molecule has 0 aliphatic rings. The minimum absolute atomic E-state index is 0.122. The maximum absolute atomic E-state index is 10.0. The van der Waals surface area contributed by atoms with Crippen LogP contribution >= 0.6 is 0 Å². The first kappa shape index (κ1) is 11.2. The molecule has 3 N–H and O–H groups in total. The molecule has 0 spiro atoms. The molecule has 0 fully saturated rings. The quantitative estimate of drug-likeness (QED) is 0.737. The topological polar surface area (TPSA) is 64.1 Å². The molecule has 0 amide bonds. The fourth-order valence-corrected chi connectivity index (χ4v) is 1.62. The third-order valence-electron chi connectivity index (χ3n) is 2.63. The first-order chi connectivity index (χ1) is 6.74. The summed E-state index contributed by atoms with van der Waals surface area (Å²) in [6.07, 6.45) is 2.10. The number of aliphatic hydroxyl groups excluding tert-OH is 1. The second kappa shape index (κ2) is 5.12. The van der Waals surface area contributed by atoms with E-state index in [-0.39, 0.29) is 5.92 Å². The predicted molar refractivity (Wildman–Crippen MR) is 55.7 cm³/mol. The van der Waals surface area contributed by atoms with Crippen LogP contribution in [-0.2, 0) is 6.54 Å². The van der Waals surface area contributed by atoms with Gasteiger partial charge in [-0.25, -0.2) is 0 Å². The molecule has 0 aliphatic heterocycles. The van der Waals surface area contributed by atoms with Crippen LogP contribution in [0.5, 0.6) is 0 Å². The van der Waals surface area contributed by atoms with Gasteiger partial charge in [0.15, 0.2) is 0 Å². The van der Waals surface area contributed by atoms with Gasteiger partial charge in [0.1, 0.15) is 0 Å². The second-order valence-corrected chi connectivity index (χ2v) is 3.42. The number of aliphatic hydroxyl groups is 1. The minimum Gasteiger partial charge on any atom is -0.386 e. The molecule has 0 aromatic carbocycles. The van der Waals surface area contributed by atoms with Gasteiger partial charge >= 0.3 is 0 Å². The highest BCUT2D eigenvalue weighted by Gasteiger charge is 2.20. The Morgan fingerprint density at radius 1 is 1.57 bits per heavy atom. The lowest BCUT2D eigenvalue weighted by molar-refractivity contribution is 0.101. The predicted octanol–water partition coefficient (Wildman–Crippen LogP) is 0.921. The van der Waals surface area contributed by atoms with Crippen molar-refractivity contribution in [3.05, 3.63) is 18.0 Å². The van der Waals surface area contributed by atoms with E-state index in [0.717, 1.165) is 18.7 Å². The summed E-state index contributed by atoms with van der Waals surface area (Å²) >= 11 is 0. The molecule has 80 valence electrons. The van der Waals surface area contributed by atoms with Crippen LogP contribution in [0.1, 0.15) is 32.1 Å². The molecule has 4 heteroatoms. The van der Waals surface area contributed by atoms with Crippen molar-refractivity contribution in [3.63, 3.8) is 0 Å². The summed E-state index contributed by atoms with van der Waals surface area (Å²) in [5.41, 5.74) is 6.46. The number of nitrogens with two attached hydrogens (primary N) is 1. The zero-order chi connectivity index (χ0) is 10.6. The van der Waals surface area contributed by atoms with Crippen molar-refractivity contribution in [3.8, 4) is 0 Å².